The fourth-order valence-electron chi connectivity index (χ4n) is 2.48. The highest BCUT2D eigenvalue weighted by atomic mass is 16.5. The Hall–Kier alpha value is -2.69. The molecule has 0 saturated heterocycles. The Balaban J connectivity index is 1.94. The van der Waals surface area contributed by atoms with E-state index in [0.717, 1.165) is 24.0 Å². The zero-order valence-electron chi connectivity index (χ0n) is 11.6. The molecule has 1 aromatic heterocycles. The van der Waals surface area contributed by atoms with Crippen molar-refractivity contribution in [3.05, 3.63) is 59.1 Å². The fourth-order valence-corrected chi connectivity index (χ4v) is 2.48. The minimum absolute atomic E-state index is 0.152. The van der Waals surface area contributed by atoms with Crippen molar-refractivity contribution in [1.29, 1.82) is 0 Å². The van der Waals surface area contributed by atoms with Crippen LogP contribution in [0.25, 0.3) is 5.69 Å². The van der Waals surface area contributed by atoms with Crippen LogP contribution in [0.3, 0.4) is 0 Å². The van der Waals surface area contributed by atoms with E-state index in [9.17, 15) is 10.0 Å². The Kier molecular flexibility index (Phi) is 3.39. The molecule has 2 heterocycles. The summed E-state index contributed by atoms with van der Waals surface area (Å²) in [7, 11) is 0. The van der Waals surface area contributed by atoms with Crippen LogP contribution in [0.5, 0.6) is 0 Å². The molecule has 1 aliphatic heterocycles. The summed E-state index contributed by atoms with van der Waals surface area (Å²) in [5, 5.41) is 15.6. The summed E-state index contributed by atoms with van der Waals surface area (Å²) in [5.74, 6) is 0.152. The third-order valence-corrected chi connectivity index (χ3v) is 3.63. The molecule has 1 aromatic carbocycles. The van der Waals surface area contributed by atoms with E-state index < -0.39 is 0 Å². The van der Waals surface area contributed by atoms with Crippen LogP contribution in [0.4, 0.5) is 0 Å². The third kappa shape index (κ3) is 2.50. The van der Waals surface area contributed by atoms with Crippen molar-refractivity contribution in [3.8, 4) is 5.69 Å². The second-order valence-electron chi connectivity index (χ2n) is 5.11. The second-order valence-corrected chi connectivity index (χ2v) is 5.11. The summed E-state index contributed by atoms with van der Waals surface area (Å²) >= 11 is 0. The van der Waals surface area contributed by atoms with Gasteiger partial charge >= 0.3 is 0 Å². The minimum Gasteiger partial charge on any atom is -0.594 e. The maximum Gasteiger partial charge on any atom is 0.232 e. The average molecular weight is 281 g/mol. The molecule has 0 radical (unpaired) electrons. The Morgan fingerprint density at radius 3 is 2.71 bits per heavy atom. The molecule has 0 N–H and O–H groups in total. The van der Waals surface area contributed by atoms with Crippen molar-refractivity contribution in [2.24, 2.45) is 11.0 Å². The van der Waals surface area contributed by atoms with Crippen LogP contribution < -0.4 is 0 Å². The minimum atomic E-state index is 0.152. The molecule has 5 heteroatoms. The zero-order chi connectivity index (χ0) is 14.8. The molecule has 21 heavy (non-hydrogen) atoms. The van der Waals surface area contributed by atoms with E-state index in [4.69, 9.17) is 0 Å². The molecule has 1 unspecified atom stereocenters. The van der Waals surface area contributed by atoms with Gasteiger partial charge in [0, 0.05) is 40.7 Å². The summed E-state index contributed by atoms with van der Waals surface area (Å²) in [6.45, 7) is 2.02. The first-order chi connectivity index (χ1) is 10.2. The number of nitrogens with zero attached hydrogens (tertiary/aromatic N) is 3. The monoisotopic (exact) mass is 281 g/mol. The van der Waals surface area contributed by atoms with Crippen molar-refractivity contribution >= 4 is 18.2 Å². The summed E-state index contributed by atoms with van der Waals surface area (Å²) in [4.78, 5) is 11.4. The molecular weight excluding hydrogens is 266 g/mol. The van der Waals surface area contributed by atoms with Gasteiger partial charge in [-0.05, 0) is 30.3 Å². The van der Waals surface area contributed by atoms with Crippen molar-refractivity contribution in [1.82, 2.24) is 4.57 Å². The van der Waals surface area contributed by atoms with Crippen LogP contribution >= 0.6 is 0 Å². The van der Waals surface area contributed by atoms with Gasteiger partial charge in [0.15, 0.2) is 6.29 Å². The quantitative estimate of drug-likeness (QED) is 0.493. The lowest BCUT2D eigenvalue weighted by atomic mass is 9.95. The van der Waals surface area contributed by atoms with Crippen LogP contribution in [0.1, 0.15) is 29.3 Å². The molecule has 0 fully saturated rings. The highest BCUT2D eigenvalue weighted by Crippen LogP contribution is 2.18. The first-order valence-electron chi connectivity index (χ1n) is 6.79. The predicted octanol–water partition coefficient (Wildman–Crippen LogP) is 2.61. The van der Waals surface area contributed by atoms with Gasteiger partial charge in [0.2, 0.25) is 5.71 Å². The van der Waals surface area contributed by atoms with Crippen LogP contribution in [0.2, 0.25) is 0 Å². The second kappa shape index (κ2) is 5.36. The first-order valence-corrected chi connectivity index (χ1v) is 6.79. The number of benzene rings is 1. The number of aldehydes is 1. The van der Waals surface area contributed by atoms with Crippen LogP contribution in [-0.2, 0) is 0 Å². The van der Waals surface area contributed by atoms with Crippen molar-refractivity contribution in [2.45, 2.75) is 13.3 Å². The Morgan fingerprint density at radius 1 is 1.33 bits per heavy atom. The Morgan fingerprint density at radius 2 is 2.10 bits per heavy atom. The van der Waals surface area contributed by atoms with Gasteiger partial charge < -0.3 is 9.77 Å². The number of hydrogen-bond acceptors (Lipinski definition) is 3. The number of hydrogen-bond donors (Lipinski definition) is 0. The molecule has 5 nitrogen and oxygen atoms in total. The van der Waals surface area contributed by atoms with Crippen LogP contribution in [0.15, 0.2) is 47.8 Å². The third-order valence-electron chi connectivity index (χ3n) is 3.63. The van der Waals surface area contributed by atoms with Gasteiger partial charge in [-0.3, -0.25) is 4.79 Å². The SMILES string of the molecule is CC1CC=N[N+]([O-])=C1c1ccc(-n2ccc(C=O)c2)cc1. The Bertz CT molecular complexity index is 726. The van der Waals surface area contributed by atoms with Gasteiger partial charge in [-0.2, -0.15) is 0 Å². The van der Waals surface area contributed by atoms with Gasteiger partial charge in [-0.25, -0.2) is 0 Å². The number of carbonyl (C=O) groups is 1. The molecule has 1 atom stereocenters. The molecule has 0 spiro atoms. The predicted molar refractivity (Wildman–Crippen MR) is 81.2 cm³/mol. The molecular formula is C16H15N3O2. The maximum absolute atomic E-state index is 11.8. The molecule has 0 amide bonds. The lowest BCUT2D eigenvalue weighted by Crippen LogP contribution is -2.25. The zero-order valence-corrected chi connectivity index (χ0v) is 11.6. The normalized spacial score (nSPS) is 18.0. The van der Waals surface area contributed by atoms with E-state index in [2.05, 4.69) is 5.10 Å². The fraction of sp³-hybridized carbons (Fsp3) is 0.188. The summed E-state index contributed by atoms with van der Waals surface area (Å²) < 4.78 is 1.87. The highest BCUT2D eigenvalue weighted by molar-refractivity contribution is 6.00. The van der Waals surface area contributed by atoms with E-state index in [1.807, 2.05) is 42.0 Å². The number of rotatable bonds is 3. The Labute approximate surface area is 122 Å². The first kappa shape index (κ1) is 13.3. The summed E-state index contributed by atoms with van der Waals surface area (Å²) in [5.41, 5.74) is 3.14. The largest absolute Gasteiger partial charge is 0.594 e. The van der Waals surface area contributed by atoms with Crippen molar-refractivity contribution in [3.63, 3.8) is 0 Å². The van der Waals surface area contributed by atoms with Crippen LogP contribution in [0, 0.1) is 11.1 Å². The van der Waals surface area contributed by atoms with E-state index in [-0.39, 0.29) is 5.92 Å². The molecule has 0 aliphatic carbocycles. The number of carbonyl (C=O) groups excluding carboxylic acids is 1. The number of hydrazone groups is 1. The van der Waals surface area contributed by atoms with Gasteiger partial charge in [0.25, 0.3) is 0 Å². The molecule has 1 aliphatic rings. The van der Waals surface area contributed by atoms with Gasteiger partial charge in [-0.1, -0.05) is 11.8 Å². The maximum atomic E-state index is 11.8. The topological polar surface area (TPSA) is 60.4 Å². The molecule has 106 valence electrons. The smallest absolute Gasteiger partial charge is 0.232 e. The molecule has 3 rings (SSSR count). The standard InChI is InChI=1S/C16H15N3O2/c1-12-6-8-17-19(21)16(12)14-2-4-15(5-3-14)18-9-7-13(10-18)11-20/h2-5,7-12H,6H2,1H3. The molecule has 0 saturated carbocycles. The van der Waals surface area contributed by atoms with E-state index in [1.165, 1.54) is 0 Å². The van der Waals surface area contributed by atoms with Gasteiger partial charge in [-0.15, -0.1) is 0 Å². The van der Waals surface area contributed by atoms with E-state index >= 15 is 0 Å². The van der Waals surface area contributed by atoms with Gasteiger partial charge in [0.1, 0.15) is 0 Å². The lowest BCUT2D eigenvalue weighted by Gasteiger charge is -2.15. The molecule has 2 aromatic rings. The van der Waals surface area contributed by atoms with E-state index in [1.54, 1.807) is 18.5 Å². The van der Waals surface area contributed by atoms with Gasteiger partial charge in [0.05, 0.1) is 12.1 Å². The average Bonchev–Trinajstić information content (AvgIpc) is 2.97. The highest BCUT2D eigenvalue weighted by Gasteiger charge is 2.24. The summed E-state index contributed by atoms with van der Waals surface area (Å²) in [6, 6.07) is 9.43. The summed E-state index contributed by atoms with van der Waals surface area (Å²) in [6.07, 6.45) is 6.84. The lowest BCUT2D eigenvalue weighted by molar-refractivity contribution is -0.466. The van der Waals surface area contributed by atoms with Crippen molar-refractivity contribution < 1.29 is 9.64 Å². The van der Waals surface area contributed by atoms with E-state index in [0.29, 0.717) is 16.1 Å². The molecule has 0 bridgehead atoms. The van der Waals surface area contributed by atoms with Crippen molar-refractivity contribution in [2.75, 3.05) is 0 Å². The van der Waals surface area contributed by atoms with Crippen LogP contribution in [-0.4, -0.2) is 27.6 Å². The number of aromatic nitrogens is 1.